The summed E-state index contributed by atoms with van der Waals surface area (Å²) in [4.78, 5) is 36.8. The topological polar surface area (TPSA) is 96.5 Å². The summed E-state index contributed by atoms with van der Waals surface area (Å²) >= 11 is 3.04. The van der Waals surface area contributed by atoms with E-state index < -0.39 is 5.91 Å². The van der Waals surface area contributed by atoms with Crippen LogP contribution in [0.3, 0.4) is 0 Å². The van der Waals surface area contributed by atoms with Crippen LogP contribution in [0.5, 0.6) is 0 Å². The molecule has 1 aromatic carbocycles. The number of para-hydroxylation sites is 1. The number of rotatable bonds is 4. The van der Waals surface area contributed by atoms with Crippen molar-refractivity contribution in [2.45, 2.75) is 18.8 Å². The van der Waals surface area contributed by atoms with E-state index in [0.29, 0.717) is 25.3 Å². The van der Waals surface area contributed by atoms with E-state index in [1.54, 1.807) is 16.7 Å². The van der Waals surface area contributed by atoms with E-state index in [1.807, 2.05) is 30.3 Å². The van der Waals surface area contributed by atoms with Gasteiger partial charge in [0.1, 0.15) is 5.69 Å². The van der Waals surface area contributed by atoms with Crippen molar-refractivity contribution in [3.63, 3.8) is 0 Å². The van der Waals surface area contributed by atoms with E-state index in [9.17, 15) is 9.59 Å². The molecule has 166 valence electrons. The molecule has 10 heteroatoms. The van der Waals surface area contributed by atoms with Crippen LogP contribution in [0.4, 0.5) is 5.13 Å². The first-order chi connectivity index (χ1) is 15.7. The lowest BCUT2D eigenvalue weighted by Gasteiger charge is -2.26. The van der Waals surface area contributed by atoms with Crippen molar-refractivity contribution in [3.8, 4) is 0 Å². The smallest absolute Gasteiger partial charge is 0.289 e. The Morgan fingerprint density at radius 3 is 2.72 bits per heavy atom. The van der Waals surface area contributed by atoms with Crippen molar-refractivity contribution < 1.29 is 14.3 Å². The summed E-state index contributed by atoms with van der Waals surface area (Å²) in [6.45, 7) is 2.83. The van der Waals surface area contributed by atoms with Gasteiger partial charge in [0.2, 0.25) is 5.91 Å². The second-order valence-corrected chi connectivity index (χ2v) is 9.63. The largest absolute Gasteiger partial charge is 0.378 e. The third kappa shape index (κ3) is 4.38. The summed E-state index contributed by atoms with van der Waals surface area (Å²) in [6.07, 6.45) is 5.48. The number of thiazole rings is 2. The number of ether oxygens (including phenoxy) is 1. The number of nitrogens with zero attached hydrogens (tertiary/aromatic N) is 3. The molecule has 2 amide bonds. The first-order valence-corrected chi connectivity index (χ1v) is 12.3. The van der Waals surface area contributed by atoms with Gasteiger partial charge in [-0.15, -0.1) is 22.7 Å². The lowest BCUT2D eigenvalue weighted by molar-refractivity contribution is -0.126. The summed E-state index contributed by atoms with van der Waals surface area (Å²) in [5.41, 5.74) is 6.39. The number of nitrogens with one attached hydrogen (secondary N) is 2. The number of allylic oxidation sites excluding steroid dienone is 2. The van der Waals surface area contributed by atoms with E-state index in [-0.39, 0.29) is 17.7 Å². The zero-order valence-corrected chi connectivity index (χ0v) is 19.0. The highest BCUT2D eigenvalue weighted by atomic mass is 32.1. The van der Waals surface area contributed by atoms with Gasteiger partial charge in [-0.1, -0.05) is 24.3 Å². The van der Waals surface area contributed by atoms with Crippen LogP contribution in [0.1, 0.15) is 34.3 Å². The molecular weight excluding hydrogens is 446 g/mol. The summed E-state index contributed by atoms with van der Waals surface area (Å²) in [5.74, 6) is -0.936. The highest BCUT2D eigenvalue weighted by Gasteiger charge is 2.32. The normalized spacial score (nSPS) is 20.9. The molecular formula is C22H23N5O3S2. The number of hydrogen-bond acceptors (Lipinski definition) is 8. The minimum Gasteiger partial charge on any atom is -0.378 e. The van der Waals surface area contributed by atoms with Crippen molar-refractivity contribution in [2.75, 3.05) is 31.2 Å². The summed E-state index contributed by atoms with van der Waals surface area (Å²) in [6, 6.07) is 7.99. The average Bonchev–Trinajstić information content (AvgIpc) is 3.50. The van der Waals surface area contributed by atoms with Gasteiger partial charge in [-0.05, 0) is 25.0 Å². The van der Waals surface area contributed by atoms with Crippen molar-refractivity contribution >= 4 is 49.8 Å². The van der Waals surface area contributed by atoms with Crippen molar-refractivity contribution in [3.05, 3.63) is 52.5 Å². The van der Waals surface area contributed by atoms with Crippen molar-refractivity contribution in [2.24, 2.45) is 5.92 Å². The van der Waals surface area contributed by atoms with Gasteiger partial charge < -0.3 is 9.64 Å². The maximum absolute atomic E-state index is 13.0. The monoisotopic (exact) mass is 469 g/mol. The summed E-state index contributed by atoms with van der Waals surface area (Å²) in [5, 5.41) is 3.45. The fourth-order valence-corrected chi connectivity index (χ4v) is 5.97. The van der Waals surface area contributed by atoms with E-state index in [4.69, 9.17) is 9.72 Å². The van der Waals surface area contributed by atoms with Crippen LogP contribution in [0.25, 0.3) is 10.2 Å². The molecule has 2 unspecified atom stereocenters. The van der Waals surface area contributed by atoms with Crippen LogP contribution in [0, 0.1) is 5.92 Å². The average molecular weight is 470 g/mol. The molecule has 1 fully saturated rings. The van der Waals surface area contributed by atoms with Gasteiger partial charge in [-0.25, -0.2) is 9.97 Å². The second-order valence-electron chi connectivity index (χ2n) is 7.73. The predicted octanol–water partition coefficient (Wildman–Crippen LogP) is 3.10. The maximum atomic E-state index is 13.0. The SMILES string of the molecule is O=C(NNC(=O)C1CC=CCC1c1nc2ccccc2s1)c1csc(N2CCOCC2)n1. The highest BCUT2D eigenvalue weighted by molar-refractivity contribution is 7.18. The molecule has 0 radical (unpaired) electrons. The molecule has 3 heterocycles. The third-order valence-electron chi connectivity index (χ3n) is 5.70. The fourth-order valence-electron chi connectivity index (χ4n) is 3.97. The van der Waals surface area contributed by atoms with Gasteiger partial charge in [0, 0.05) is 24.4 Å². The molecule has 2 atom stereocenters. The molecule has 8 nitrogen and oxygen atoms in total. The molecule has 0 bridgehead atoms. The summed E-state index contributed by atoms with van der Waals surface area (Å²) < 4.78 is 6.47. The number of carbonyl (C=O) groups is 2. The molecule has 1 saturated heterocycles. The molecule has 2 aliphatic rings. The van der Waals surface area contributed by atoms with Gasteiger partial charge in [0.05, 0.1) is 34.4 Å². The number of hydrogen-bond donors (Lipinski definition) is 2. The molecule has 2 N–H and O–H groups in total. The van der Waals surface area contributed by atoms with Gasteiger partial charge >= 0.3 is 0 Å². The Kier molecular flexibility index (Phi) is 6.15. The maximum Gasteiger partial charge on any atom is 0.289 e. The van der Waals surface area contributed by atoms with Gasteiger partial charge in [-0.2, -0.15) is 0 Å². The van der Waals surface area contributed by atoms with Gasteiger partial charge in [0.25, 0.3) is 5.91 Å². The number of benzene rings is 1. The molecule has 3 aromatic rings. The lowest BCUT2D eigenvalue weighted by atomic mass is 9.83. The molecule has 2 aromatic heterocycles. The number of aromatic nitrogens is 2. The molecule has 1 aliphatic heterocycles. The van der Waals surface area contributed by atoms with E-state index in [0.717, 1.165) is 39.9 Å². The van der Waals surface area contributed by atoms with E-state index in [2.05, 4.69) is 26.8 Å². The van der Waals surface area contributed by atoms with Crippen LogP contribution in [-0.4, -0.2) is 48.1 Å². The second kappa shape index (κ2) is 9.35. The lowest BCUT2D eigenvalue weighted by Crippen LogP contribution is -2.46. The number of morpholine rings is 1. The van der Waals surface area contributed by atoms with Crippen LogP contribution in [-0.2, 0) is 9.53 Å². The first kappa shape index (κ1) is 21.0. The first-order valence-electron chi connectivity index (χ1n) is 10.6. The third-order valence-corrected chi connectivity index (χ3v) is 7.77. The van der Waals surface area contributed by atoms with Crippen molar-refractivity contribution in [1.29, 1.82) is 0 Å². The van der Waals surface area contributed by atoms with E-state index >= 15 is 0 Å². The van der Waals surface area contributed by atoms with Crippen LogP contribution in [0.15, 0.2) is 41.8 Å². The molecule has 32 heavy (non-hydrogen) atoms. The highest BCUT2D eigenvalue weighted by Crippen LogP contribution is 2.38. The number of anilines is 1. The van der Waals surface area contributed by atoms with Gasteiger partial charge in [-0.3, -0.25) is 20.4 Å². The minimum absolute atomic E-state index is 0.0125. The number of carbonyl (C=O) groups excluding carboxylic acids is 2. The van der Waals surface area contributed by atoms with Gasteiger partial charge in [0.15, 0.2) is 5.13 Å². The standard InChI is InChI=1S/C22H23N5O3S2/c28-19(25-26-20(29)17-13-31-22(24-17)27-9-11-30-12-10-27)14-5-1-2-6-15(14)21-23-16-7-3-4-8-18(16)32-21/h1-4,7-8,13-15H,5-6,9-12H2,(H,25,28)(H,26,29). The Labute approximate surface area is 193 Å². The Morgan fingerprint density at radius 2 is 1.88 bits per heavy atom. The quantitative estimate of drug-likeness (QED) is 0.450. The number of hydrazine groups is 1. The van der Waals surface area contributed by atoms with Crippen LogP contribution >= 0.6 is 22.7 Å². The molecule has 0 spiro atoms. The van der Waals surface area contributed by atoms with E-state index in [1.165, 1.54) is 11.3 Å². The van der Waals surface area contributed by atoms with Crippen LogP contribution in [0.2, 0.25) is 0 Å². The minimum atomic E-state index is -0.419. The number of amides is 2. The Bertz CT molecular complexity index is 1120. The van der Waals surface area contributed by atoms with Crippen molar-refractivity contribution in [1.82, 2.24) is 20.8 Å². The zero-order valence-electron chi connectivity index (χ0n) is 17.3. The Balaban J connectivity index is 1.23. The predicted molar refractivity (Wildman–Crippen MR) is 125 cm³/mol. The molecule has 5 rings (SSSR count). The summed E-state index contributed by atoms with van der Waals surface area (Å²) in [7, 11) is 0. The number of fused-ring (bicyclic) bond motifs is 1. The Morgan fingerprint density at radius 1 is 1.06 bits per heavy atom. The molecule has 0 saturated carbocycles. The zero-order chi connectivity index (χ0) is 21.9. The van der Waals surface area contributed by atoms with Crippen LogP contribution < -0.4 is 15.8 Å². The Hall–Kier alpha value is -2.82. The molecule has 1 aliphatic carbocycles. The fraction of sp³-hybridized carbons (Fsp3) is 0.364.